The van der Waals surface area contributed by atoms with Crippen molar-refractivity contribution in [3.63, 3.8) is 0 Å². The summed E-state index contributed by atoms with van der Waals surface area (Å²) in [5.74, 6) is -0.762. The largest absolute Gasteiger partial charge is 0.394 e. The van der Waals surface area contributed by atoms with Crippen LogP contribution in [-0.4, -0.2) is 30.0 Å². The van der Waals surface area contributed by atoms with E-state index >= 15 is 0 Å². The average Bonchev–Trinajstić information content (AvgIpc) is 2.26. The first-order chi connectivity index (χ1) is 7.79. The van der Waals surface area contributed by atoms with Crippen molar-refractivity contribution in [2.45, 2.75) is 51.2 Å². The third-order valence-electron chi connectivity index (χ3n) is 3.59. The highest BCUT2D eigenvalue weighted by molar-refractivity contribution is 4.94. The van der Waals surface area contributed by atoms with Gasteiger partial charge in [-0.1, -0.05) is 13.8 Å². The van der Waals surface area contributed by atoms with Gasteiger partial charge in [0.15, 0.2) is 0 Å². The molecule has 1 aliphatic rings. The van der Waals surface area contributed by atoms with Gasteiger partial charge in [0.2, 0.25) is 0 Å². The molecule has 1 fully saturated rings. The van der Waals surface area contributed by atoms with Gasteiger partial charge in [-0.15, -0.1) is 0 Å². The van der Waals surface area contributed by atoms with Crippen molar-refractivity contribution in [2.24, 2.45) is 11.8 Å². The van der Waals surface area contributed by atoms with Crippen molar-refractivity contribution < 1.29 is 18.3 Å². The Morgan fingerprint density at radius 3 is 2.18 bits per heavy atom. The Labute approximate surface area is 101 Å². The molecule has 2 N–H and O–H groups in total. The summed E-state index contributed by atoms with van der Waals surface area (Å²) in [6.07, 6.45) is -3.04. The van der Waals surface area contributed by atoms with Crippen LogP contribution in [0.1, 0.15) is 39.5 Å². The molecule has 0 radical (unpaired) electrons. The van der Waals surface area contributed by atoms with Crippen molar-refractivity contribution >= 4 is 0 Å². The smallest absolute Gasteiger partial charge is 0.391 e. The van der Waals surface area contributed by atoms with Crippen molar-refractivity contribution in [1.29, 1.82) is 0 Å². The lowest BCUT2D eigenvalue weighted by Crippen LogP contribution is -2.53. The van der Waals surface area contributed by atoms with Crippen molar-refractivity contribution in [2.75, 3.05) is 13.2 Å². The van der Waals surface area contributed by atoms with Gasteiger partial charge >= 0.3 is 6.18 Å². The van der Waals surface area contributed by atoms with Crippen LogP contribution in [0.5, 0.6) is 0 Å². The van der Waals surface area contributed by atoms with Gasteiger partial charge in [-0.2, -0.15) is 13.2 Å². The molecule has 0 heterocycles. The standard InChI is InChI=1S/C12H22F3NO/c1-9(2)7-16-11(8-17)5-3-10(4-6-11)12(13,14)15/h9-10,16-17H,3-8H2,1-2H3. The summed E-state index contributed by atoms with van der Waals surface area (Å²) in [6, 6.07) is 0. The van der Waals surface area contributed by atoms with E-state index in [0.717, 1.165) is 6.54 Å². The maximum Gasteiger partial charge on any atom is 0.391 e. The molecule has 0 bridgehead atoms. The monoisotopic (exact) mass is 253 g/mol. The Kier molecular flexibility index (Phi) is 4.84. The predicted molar refractivity (Wildman–Crippen MR) is 60.7 cm³/mol. The van der Waals surface area contributed by atoms with E-state index in [0.29, 0.717) is 18.8 Å². The first-order valence-electron chi connectivity index (χ1n) is 6.22. The Hall–Kier alpha value is -0.290. The van der Waals surface area contributed by atoms with Gasteiger partial charge < -0.3 is 10.4 Å². The highest BCUT2D eigenvalue weighted by atomic mass is 19.4. The van der Waals surface area contributed by atoms with Crippen LogP contribution in [0.25, 0.3) is 0 Å². The molecule has 0 atom stereocenters. The minimum Gasteiger partial charge on any atom is -0.394 e. The van der Waals surface area contributed by atoms with Crippen LogP contribution in [-0.2, 0) is 0 Å². The Bertz CT molecular complexity index is 232. The number of alkyl halides is 3. The van der Waals surface area contributed by atoms with E-state index in [1.54, 1.807) is 0 Å². The van der Waals surface area contributed by atoms with Crippen LogP contribution >= 0.6 is 0 Å². The highest BCUT2D eigenvalue weighted by Crippen LogP contribution is 2.40. The first kappa shape index (κ1) is 14.8. The number of aliphatic hydroxyl groups excluding tert-OH is 1. The summed E-state index contributed by atoms with van der Waals surface area (Å²) in [6.45, 7) is 4.74. The maximum atomic E-state index is 12.5. The lowest BCUT2D eigenvalue weighted by molar-refractivity contribution is -0.186. The Balaban J connectivity index is 2.51. The molecule has 2 nitrogen and oxygen atoms in total. The Morgan fingerprint density at radius 2 is 1.82 bits per heavy atom. The SMILES string of the molecule is CC(C)CNC1(CO)CCC(C(F)(F)F)CC1. The predicted octanol–water partition coefficient (Wildman–Crippen LogP) is 2.72. The van der Waals surface area contributed by atoms with Crippen LogP contribution < -0.4 is 5.32 Å². The van der Waals surface area contributed by atoms with Crippen molar-refractivity contribution in [1.82, 2.24) is 5.32 Å². The van der Waals surface area contributed by atoms with E-state index < -0.39 is 17.6 Å². The van der Waals surface area contributed by atoms with E-state index in [-0.39, 0.29) is 19.4 Å². The zero-order chi connectivity index (χ0) is 13.1. The fraction of sp³-hybridized carbons (Fsp3) is 1.00. The summed E-state index contributed by atoms with van der Waals surface area (Å²) >= 11 is 0. The maximum absolute atomic E-state index is 12.5. The summed E-state index contributed by atoms with van der Waals surface area (Å²) in [7, 11) is 0. The minimum atomic E-state index is -4.08. The summed E-state index contributed by atoms with van der Waals surface area (Å²) in [5, 5.41) is 12.6. The molecule has 0 aromatic carbocycles. The third-order valence-corrected chi connectivity index (χ3v) is 3.59. The molecule has 0 spiro atoms. The summed E-state index contributed by atoms with van der Waals surface area (Å²) in [5.41, 5.74) is -0.494. The zero-order valence-electron chi connectivity index (χ0n) is 10.5. The number of hydrogen-bond donors (Lipinski definition) is 2. The number of aliphatic hydroxyl groups is 1. The van der Waals surface area contributed by atoms with Crippen LogP contribution in [0.3, 0.4) is 0 Å². The molecule has 1 aliphatic carbocycles. The van der Waals surface area contributed by atoms with Crippen LogP contribution in [0, 0.1) is 11.8 Å². The summed E-state index contributed by atoms with van der Waals surface area (Å²) < 4.78 is 37.6. The molecule has 0 aromatic rings. The molecule has 102 valence electrons. The second-order valence-corrected chi connectivity index (χ2v) is 5.53. The minimum absolute atomic E-state index is 0.0791. The molecule has 0 aromatic heterocycles. The molecule has 0 unspecified atom stereocenters. The Morgan fingerprint density at radius 1 is 1.29 bits per heavy atom. The lowest BCUT2D eigenvalue weighted by Gasteiger charge is -2.40. The molecule has 0 amide bonds. The quantitative estimate of drug-likeness (QED) is 0.807. The second kappa shape index (κ2) is 5.57. The molecule has 17 heavy (non-hydrogen) atoms. The number of nitrogens with one attached hydrogen (secondary N) is 1. The third kappa shape index (κ3) is 4.14. The van der Waals surface area contributed by atoms with E-state index in [1.165, 1.54) is 0 Å². The molecule has 1 saturated carbocycles. The van der Waals surface area contributed by atoms with E-state index in [2.05, 4.69) is 5.32 Å². The van der Waals surface area contributed by atoms with E-state index in [4.69, 9.17) is 0 Å². The number of halogens is 3. The second-order valence-electron chi connectivity index (χ2n) is 5.53. The summed E-state index contributed by atoms with van der Waals surface area (Å²) in [4.78, 5) is 0. The zero-order valence-corrected chi connectivity index (χ0v) is 10.5. The normalized spacial score (nSPS) is 30.9. The lowest BCUT2D eigenvalue weighted by atomic mass is 9.76. The van der Waals surface area contributed by atoms with Gasteiger partial charge in [0, 0.05) is 5.54 Å². The van der Waals surface area contributed by atoms with E-state index in [1.807, 2.05) is 13.8 Å². The van der Waals surface area contributed by atoms with Crippen molar-refractivity contribution in [3.05, 3.63) is 0 Å². The molecule has 5 heteroatoms. The number of hydrogen-bond acceptors (Lipinski definition) is 2. The molecular formula is C12H22F3NO. The fourth-order valence-electron chi connectivity index (χ4n) is 2.31. The van der Waals surface area contributed by atoms with E-state index in [9.17, 15) is 18.3 Å². The topological polar surface area (TPSA) is 32.3 Å². The average molecular weight is 253 g/mol. The molecule has 1 rings (SSSR count). The van der Waals surface area contributed by atoms with Crippen LogP contribution in [0.2, 0.25) is 0 Å². The molecule has 0 saturated heterocycles. The molecular weight excluding hydrogens is 231 g/mol. The van der Waals surface area contributed by atoms with Crippen LogP contribution in [0.15, 0.2) is 0 Å². The van der Waals surface area contributed by atoms with Gasteiger partial charge in [-0.3, -0.25) is 0 Å². The first-order valence-corrected chi connectivity index (χ1v) is 6.22. The molecule has 0 aliphatic heterocycles. The van der Waals surface area contributed by atoms with Crippen LogP contribution in [0.4, 0.5) is 13.2 Å². The van der Waals surface area contributed by atoms with Gasteiger partial charge in [0.25, 0.3) is 0 Å². The van der Waals surface area contributed by atoms with Gasteiger partial charge in [0.05, 0.1) is 12.5 Å². The van der Waals surface area contributed by atoms with Gasteiger partial charge in [-0.25, -0.2) is 0 Å². The van der Waals surface area contributed by atoms with Crippen molar-refractivity contribution in [3.8, 4) is 0 Å². The fourth-order valence-corrected chi connectivity index (χ4v) is 2.31. The van der Waals surface area contributed by atoms with Gasteiger partial charge in [0.1, 0.15) is 0 Å². The highest BCUT2D eigenvalue weighted by Gasteiger charge is 2.45. The number of rotatable bonds is 4. The van der Waals surface area contributed by atoms with Gasteiger partial charge in [-0.05, 0) is 38.1 Å².